The molecule has 8 heteroatoms. The molecule has 0 aromatic heterocycles. The first-order valence-corrected chi connectivity index (χ1v) is 11.7. The normalized spacial score (nSPS) is 20.1. The number of ether oxygens (including phenoxy) is 2. The van der Waals surface area contributed by atoms with E-state index < -0.39 is 24.0 Å². The van der Waals surface area contributed by atoms with Gasteiger partial charge in [0, 0.05) is 24.7 Å². The van der Waals surface area contributed by atoms with Crippen LogP contribution in [0.1, 0.15) is 36.8 Å². The molecule has 1 saturated heterocycles. The minimum absolute atomic E-state index is 0.189. The third-order valence-corrected chi connectivity index (χ3v) is 6.77. The minimum Gasteiger partial charge on any atom is -0.490 e. The van der Waals surface area contributed by atoms with Gasteiger partial charge in [-0.15, -0.1) is 0 Å². The van der Waals surface area contributed by atoms with Gasteiger partial charge in [-0.3, -0.25) is 4.79 Å². The molecule has 2 atom stereocenters. The fourth-order valence-corrected chi connectivity index (χ4v) is 4.80. The van der Waals surface area contributed by atoms with Gasteiger partial charge in [-0.1, -0.05) is 30.3 Å². The maximum Gasteiger partial charge on any atom is 0.410 e. The number of carboxylic acids is 1. The molecular formula is C26H29F2NO5. The number of carbonyl (C=O) groups excluding carboxylic acids is 1. The average Bonchev–Trinajstić information content (AvgIpc) is 3.60. The molecule has 2 fully saturated rings. The van der Waals surface area contributed by atoms with Crippen molar-refractivity contribution >= 4 is 12.1 Å². The van der Waals surface area contributed by atoms with Crippen LogP contribution < -0.4 is 4.74 Å². The first-order chi connectivity index (χ1) is 16.4. The molecule has 1 aliphatic carbocycles. The van der Waals surface area contributed by atoms with Gasteiger partial charge in [0.1, 0.15) is 12.4 Å². The highest BCUT2D eigenvalue weighted by molar-refractivity contribution is 5.70. The van der Waals surface area contributed by atoms with Crippen molar-refractivity contribution in [1.82, 2.24) is 4.90 Å². The summed E-state index contributed by atoms with van der Waals surface area (Å²) >= 11 is 0. The van der Waals surface area contributed by atoms with E-state index in [1.807, 2.05) is 30.3 Å². The summed E-state index contributed by atoms with van der Waals surface area (Å²) in [4.78, 5) is 24.8. The van der Waals surface area contributed by atoms with Crippen molar-refractivity contribution in [3.05, 3.63) is 65.2 Å². The molecule has 0 spiro atoms. The average molecular weight is 474 g/mol. The van der Waals surface area contributed by atoms with Gasteiger partial charge in [0.15, 0.2) is 11.6 Å². The Morgan fingerprint density at radius 2 is 1.79 bits per heavy atom. The van der Waals surface area contributed by atoms with E-state index in [-0.39, 0.29) is 30.6 Å². The van der Waals surface area contributed by atoms with Crippen LogP contribution in [0.15, 0.2) is 42.5 Å². The van der Waals surface area contributed by atoms with Gasteiger partial charge in [0.25, 0.3) is 0 Å². The molecule has 1 N–H and O–H groups in total. The molecule has 182 valence electrons. The Hall–Kier alpha value is -3.16. The molecule has 6 nitrogen and oxygen atoms in total. The quantitative estimate of drug-likeness (QED) is 0.552. The molecule has 1 heterocycles. The fourth-order valence-electron chi connectivity index (χ4n) is 4.80. The van der Waals surface area contributed by atoms with Gasteiger partial charge < -0.3 is 19.5 Å². The third kappa shape index (κ3) is 6.24. The smallest absolute Gasteiger partial charge is 0.410 e. The van der Waals surface area contributed by atoms with E-state index in [1.54, 1.807) is 4.90 Å². The molecule has 0 bridgehead atoms. The number of carbonyl (C=O) groups is 2. The van der Waals surface area contributed by atoms with E-state index in [1.165, 1.54) is 0 Å². The predicted molar refractivity (Wildman–Crippen MR) is 120 cm³/mol. The number of rotatable bonds is 9. The molecule has 34 heavy (non-hydrogen) atoms. The van der Waals surface area contributed by atoms with Crippen LogP contribution in [0.2, 0.25) is 0 Å². The summed E-state index contributed by atoms with van der Waals surface area (Å²) in [5.74, 6) is -1.33. The molecule has 2 aromatic carbocycles. The number of amides is 1. The van der Waals surface area contributed by atoms with E-state index in [0.717, 1.165) is 43.4 Å². The van der Waals surface area contributed by atoms with E-state index in [9.17, 15) is 18.4 Å². The highest BCUT2D eigenvalue weighted by atomic mass is 19.1. The lowest BCUT2D eigenvalue weighted by atomic mass is 9.91. The zero-order chi connectivity index (χ0) is 24.1. The van der Waals surface area contributed by atoms with Gasteiger partial charge in [0.2, 0.25) is 0 Å². The maximum absolute atomic E-state index is 14.1. The monoisotopic (exact) mass is 473 g/mol. The van der Waals surface area contributed by atoms with Crippen molar-refractivity contribution in [3.8, 4) is 5.75 Å². The molecule has 4 rings (SSSR count). The molecule has 1 amide bonds. The van der Waals surface area contributed by atoms with E-state index in [0.29, 0.717) is 30.8 Å². The summed E-state index contributed by atoms with van der Waals surface area (Å²) in [6, 6.07) is 11.4. The van der Waals surface area contributed by atoms with Crippen LogP contribution in [0.3, 0.4) is 0 Å². The number of aliphatic carboxylic acids is 1. The van der Waals surface area contributed by atoms with E-state index in [4.69, 9.17) is 14.6 Å². The third-order valence-electron chi connectivity index (χ3n) is 6.77. The number of halogens is 2. The Bertz CT molecular complexity index is 1010. The number of hydrogen-bond donors (Lipinski definition) is 1. The van der Waals surface area contributed by atoms with Gasteiger partial charge in [-0.05, 0) is 55.1 Å². The number of likely N-dealkylation sites (tertiary alicyclic amines) is 1. The highest BCUT2D eigenvalue weighted by Gasteiger charge is 2.43. The van der Waals surface area contributed by atoms with Gasteiger partial charge >= 0.3 is 12.1 Å². The first kappa shape index (κ1) is 24.0. The van der Waals surface area contributed by atoms with Crippen molar-refractivity contribution in [2.75, 3.05) is 19.7 Å². The standard InChI is InChI=1S/C26H29F2NO5/c27-22-15-24(23(28)13-20(22)14-25(30)31)33-11-8-19-12-21(19)18-6-9-29(10-7-18)26(32)34-16-17-4-2-1-3-5-17/h1-5,13,15,18-19,21H,6-12,14,16H2,(H,30,31)/t19?,21-/m1/s1. The summed E-state index contributed by atoms with van der Waals surface area (Å²) in [7, 11) is 0. The van der Waals surface area contributed by atoms with Gasteiger partial charge in [0.05, 0.1) is 13.0 Å². The summed E-state index contributed by atoms with van der Waals surface area (Å²) in [5, 5.41) is 8.76. The molecule has 1 unspecified atom stereocenters. The van der Waals surface area contributed by atoms with Crippen molar-refractivity contribution < 1.29 is 33.0 Å². The molecule has 0 radical (unpaired) electrons. The topological polar surface area (TPSA) is 76.1 Å². The van der Waals surface area contributed by atoms with Crippen LogP contribution in [0.4, 0.5) is 13.6 Å². The van der Waals surface area contributed by atoms with Crippen LogP contribution in [0.5, 0.6) is 5.75 Å². The fraction of sp³-hybridized carbons (Fsp3) is 0.462. The lowest BCUT2D eigenvalue weighted by molar-refractivity contribution is -0.136. The van der Waals surface area contributed by atoms with Crippen molar-refractivity contribution in [2.45, 2.75) is 38.7 Å². The largest absolute Gasteiger partial charge is 0.490 e. The van der Waals surface area contributed by atoms with E-state index in [2.05, 4.69) is 0 Å². The van der Waals surface area contributed by atoms with Gasteiger partial charge in [-0.25, -0.2) is 13.6 Å². The summed E-state index contributed by atoms with van der Waals surface area (Å²) in [6.45, 7) is 1.92. The summed E-state index contributed by atoms with van der Waals surface area (Å²) in [6.07, 6.45) is 2.87. The van der Waals surface area contributed by atoms with Crippen molar-refractivity contribution in [3.63, 3.8) is 0 Å². The lowest BCUT2D eigenvalue weighted by Crippen LogP contribution is -2.39. The van der Waals surface area contributed by atoms with Crippen LogP contribution >= 0.6 is 0 Å². The van der Waals surface area contributed by atoms with Crippen molar-refractivity contribution in [1.29, 1.82) is 0 Å². The van der Waals surface area contributed by atoms with Crippen molar-refractivity contribution in [2.24, 2.45) is 17.8 Å². The number of piperidine rings is 1. The molecule has 2 aromatic rings. The van der Waals surface area contributed by atoms with Crippen LogP contribution in [0, 0.1) is 29.4 Å². The zero-order valence-electron chi connectivity index (χ0n) is 18.9. The number of benzene rings is 2. The Labute approximate surface area is 197 Å². The number of carboxylic acid groups (broad SMARTS) is 1. The first-order valence-electron chi connectivity index (χ1n) is 11.7. The minimum atomic E-state index is -1.22. The SMILES string of the molecule is O=C(O)Cc1cc(F)c(OCCC2C[C@@H]2C2CCN(C(=O)OCc3ccccc3)CC2)cc1F. The Balaban J connectivity index is 1.15. The second-order valence-corrected chi connectivity index (χ2v) is 9.11. The second-order valence-electron chi connectivity index (χ2n) is 9.11. The van der Waals surface area contributed by atoms with Crippen LogP contribution in [-0.2, 0) is 22.6 Å². The second kappa shape index (κ2) is 10.8. The predicted octanol–water partition coefficient (Wildman–Crippen LogP) is 5.05. The van der Waals surface area contributed by atoms with E-state index >= 15 is 0 Å². The maximum atomic E-state index is 14.1. The summed E-state index contributed by atoms with van der Waals surface area (Å²) < 4.78 is 39.0. The Kier molecular flexibility index (Phi) is 7.65. The van der Waals surface area contributed by atoms with Crippen LogP contribution in [-0.4, -0.2) is 41.8 Å². The molecule has 1 saturated carbocycles. The Morgan fingerprint density at radius 1 is 1.06 bits per heavy atom. The number of hydrogen-bond acceptors (Lipinski definition) is 4. The molecular weight excluding hydrogens is 444 g/mol. The van der Waals surface area contributed by atoms with Gasteiger partial charge in [-0.2, -0.15) is 0 Å². The zero-order valence-corrected chi connectivity index (χ0v) is 18.9. The van der Waals surface area contributed by atoms with Crippen LogP contribution in [0.25, 0.3) is 0 Å². The highest BCUT2D eigenvalue weighted by Crippen LogP contribution is 2.49. The lowest BCUT2D eigenvalue weighted by Gasteiger charge is -2.31. The molecule has 2 aliphatic rings. The summed E-state index contributed by atoms with van der Waals surface area (Å²) in [5.41, 5.74) is 0.766. The molecule has 1 aliphatic heterocycles. The Morgan fingerprint density at radius 3 is 2.50 bits per heavy atom. The number of nitrogens with zero attached hydrogens (tertiary/aromatic N) is 1.